The van der Waals surface area contributed by atoms with Crippen molar-refractivity contribution in [1.82, 2.24) is 15.0 Å². The Kier molecular flexibility index (Phi) is 4.23. The molecule has 3 aromatic rings. The average Bonchev–Trinajstić information content (AvgIpc) is 3.24. The van der Waals surface area contributed by atoms with Crippen molar-refractivity contribution in [2.24, 2.45) is 0 Å². The van der Waals surface area contributed by atoms with Gasteiger partial charge in [-0.25, -0.2) is 0 Å². The fourth-order valence-corrected chi connectivity index (χ4v) is 2.19. The summed E-state index contributed by atoms with van der Waals surface area (Å²) in [5, 5.41) is 3.98. The quantitative estimate of drug-likeness (QED) is 0.723. The molecule has 0 radical (unpaired) electrons. The topological polar surface area (TPSA) is 72.4 Å². The lowest BCUT2D eigenvalue weighted by Gasteiger charge is -2.16. The molecule has 6 heteroatoms. The zero-order valence-corrected chi connectivity index (χ0v) is 13.0. The first-order chi connectivity index (χ1) is 11.2. The summed E-state index contributed by atoms with van der Waals surface area (Å²) in [6, 6.07) is 11.2. The SMILES string of the molecule is CCN(Cc1nc(-c2ccc(C)cc2)no1)C(=O)c1ccco1. The standard InChI is InChI=1S/C17H17N3O3/c1-3-20(17(21)14-5-4-10-22-14)11-15-18-16(19-23-15)13-8-6-12(2)7-9-13/h4-10H,3,11H2,1-2H3. The fourth-order valence-electron chi connectivity index (χ4n) is 2.19. The van der Waals surface area contributed by atoms with Crippen LogP contribution in [0.1, 0.15) is 28.9 Å². The molecule has 2 aromatic heterocycles. The molecule has 0 unspecified atom stereocenters. The van der Waals surface area contributed by atoms with Gasteiger partial charge in [0.05, 0.1) is 6.26 Å². The zero-order chi connectivity index (χ0) is 16.2. The highest BCUT2D eigenvalue weighted by Gasteiger charge is 2.20. The molecule has 3 rings (SSSR count). The van der Waals surface area contributed by atoms with Crippen LogP contribution in [0.2, 0.25) is 0 Å². The molecule has 0 fully saturated rings. The lowest BCUT2D eigenvalue weighted by molar-refractivity contribution is 0.0702. The number of amides is 1. The Balaban J connectivity index is 1.75. The molecule has 0 aliphatic carbocycles. The van der Waals surface area contributed by atoms with Gasteiger partial charge < -0.3 is 13.8 Å². The van der Waals surface area contributed by atoms with Gasteiger partial charge in [-0.05, 0) is 26.0 Å². The maximum absolute atomic E-state index is 12.3. The van der Waals surface area contributed by atoms with E-state index in [1.165, 1.54) is 11.8 Å². The van der Waals surface area contributed by atoms with Crippen LogP contribution in [0, 0.1) is 6.92 Å². The molecule has 2 heterocycles. The van der Waals surface area contributed by atoms with Gasteiger partial charge >= 0.3 is 0 Å². The van der Waals surface area contributed by atoms with E-state index in [0.29, 0.717) is 24.0 Å². The third-order valence-corrected chi connectivity index (χ3v) is 3.50. The molecular formula is C17H17N3O3. The number of hydrogen-bond acceptors (Lipinski definition) is 5. The molecule has 0 N–H and O–H groups in total. The maximum atomic E-state index is 12.3. The van der Waals surface area contributed by atoms with Gasteiger partial charge in [-0.15, -0.1) is 0 Å². The summed E-state index contributed by atoms with van der Waals surface area (Å²) in [6.45, 7) is 4.67. The second-order valence-electron chi connectivity index (χ2n) is 5.17. The van der Waals surface area contributed by atoms with Crippen LogP contribution in [0.25, 0.3) is 11.4 Å². The Morgan fingerprint density at radius 3 is 2.65 bits per heavy atom. The predicted octanol–water partition coefficient (Wildman–Crippen LogP) is 3.30. The van der Waals surface area contributed by atoms with Crippen molar-refractivity contribution < 1.29 is 13.7 Å². The van der Waals surface area contributed by atoms with Gasteiger partial charge in [0.15, 0.2) is 5.76 Å². The average molecular weight is 311 g/mol. The van der Waals surface area contributed by atoms with E-state index in [9.17, 15) is 4.79 Å². The van der Waals surface area contributed by atoms with Gasteiger partial charge in [0.2, 0.25) is 11.7 Å². The number of benzene rings is 1. The Labute approximate surface area is 133 Å². The van der Waals surface area contributed by atoms with Crippen molar-refractivity contribution in [2.45, 2.75) is 20.4 Å². The minimum atomic E-state index is -0.201. The minimum Gasteiger partial charge on any atom is -0.459 e. The van der Waals surface area contributed by atoms with Gasteiger partial charge in [0.25, 0.3) is 5.91 Å². The lowest BCUT2D eigenvalue weighted by atomic mass is 10.1. The molecule has 1 amide bonds. The number of aryl methyl sites for hydroxylation is 1. The van der Waals surface area contributed by atoms with Crippen LogP contribution >= 0.6 is 0 Å². The Morgan fingerprint density at radius 2 is 2.00 bits per heavy atom. The van der Waals surface area contributed by atoms with Crippen LogP contribution in [-0.2, 0) is 6.54 Å². The molecule has 118 valence electrons. The highest BCUT2D eigenvalue weighted by atomic mass is 16.5. The monoisotopic (exact) mass is 311 g/mol. The Bertz CT molecular complexity index is 776. The largest absolute Gasteiger partial charge is 0.459 e. The molecule has 0 saturated heterocycles. The highest BCUT2D eigenvalue weighted by Crippen LogP contribution is 2.17. The summed E-state index contributed by atoms with van der Waals surface area (Å²) in [4.78, 5) is 18.2. The second kappa shape index (κ2) is 6.48. The molecule has 0 spiro atoms. The third-order valence-electron chi connectivity index (χ3n) is 3.50. The molecule has 6 nitrogen and oxygen atoms in total. The van der Waals surface area contributed by atoms with Crippen LogP contribution in [0.3, 0.4) is 0 Å². The van der Waals surface area contributed by atoms with Crippen LogP contribution in [-0.4, -0.2) is 27.5 Å². The van der Waals surface area contributed by atoms with E-state index in [2.05, 4.69) is 10.1 Å². The lowest BCUT2D eigenvalue weighted by Crippen LogP contribution is -2.30. The number of rotatable bonds is 5. The van der Waals surface area contributed by atoms with Crippen molar-refractivity contribution in [3.63, 3.8) is 0 Å². The second-order valence-corrected chi connectivity index (χ2v) is 5.17. The van der Waals surface area contributed by atoms with Crippen molar-refractivity contribution in [1.29, 1.82) is 0 Å². The number of hydrogen-bond donors (Lipinski definition) is 0. The molecule has 0 bridgehead atoms. The van der Waals surface area contributed by atoms with E-state index >= 15 is 0 Å². The molecule has 0 aliphatic rings. The summed E-state index contributed by atoms with van der Waals surface area (Å²) in [5.74, 6) is 1.00. The summed E-state index contributed by atoms with van der Waals surface area (Å²) in [6.07, 6.45) is 1.48. The Morgan fingerprint density at radius 1 is 1.22 bits per heavy atom. The van der Waals surface area contributed by atoms with Crippen LogP contribution in [0.15, 0.2) is 51.6 Å². The van der Waals surface area contributed by atoms with E-state index in [4.69, 9.17) is 8.94 Å². The normalized spacial score (nSPS) is 10.7. The number of furan rings is 1. The third kappa shape index (κ3) is 3.31. The number of carbonyl (C=O) groups excluding carboxylic acids is 1. The molecule has 1 aromatic carbocycles. The number of nitrogens with zero attached hydrogens (tertiary/aromatic N) is 3. The van der Waals surface area contributed by atoms with Gasteiger partial charge in [-0.3, -0.25) is 4.79 Å². The van der Waals surface area contributed by atoms with Gasteiger partial charge in [0.1, 0.15) is 6.54 Å². The summed E-state index contributed by atoms with van der Waals surface area (Å²) >= 11 is 0. The first kappa shape index (κ1) is 15.0. The maximum Gasteiger partial charge on any atom is 0.290 e. The fraction of sp³-hybridized carbons (Fsp3) is 0.235. The van der Waals surface area contributed by atoms with Gasteiger partial charge in [-0.2, -0.15) is 4.98 Å². The van der Waals surface area contributed by atoms with Crippen LogP contribution < -0.4 is 0 Å². The van der Waals surface area contributed by atoms with E-state index in [1.54, 1.807) is 17.0 Å². The zero-order valence-electron chi connectivity index (χ0n) is 13.0. The summed E-state index contributed by atoms with van der Waals surface area (Å²) < 4.78 is 10.4. The van der Waals surface area contributed by atoms with E-state index < -0.39 is 0 Å². The highest BCUT2D eigenvalue weighted by molar-refractivity contribution is 5.91. The summed E-state index contributed by atoms with van der Waals surface area (Å²) in [5.41, 5.74) is 2.05. The van der Waals surface area contributed by atoms with Crippen molar-refractivity contribution in [2.75, 3.05) is 6.54 Å². The van der Waals surface area contributed by atoms with Crippen molar-refractivity contribution >= 4 is 5.91 Å². The number of aromatic nitrogens is 2. The Hall–Kier alpha value is -2.89. The van der Waals surface area contributed by atoms with Gasteiger partial charge in [-0.1, -0.05) is 35.0 Å². The molecule has 0 saturated carbocycles. The van der Waals surface area contributed by atoms with Crippen molar-refractivity contribution in [3.8, 4) is 11.4 Å². The predicted molar refractivity (Wildman–Crippen MR) is 83.6 cm³/mol. The number of carbonyl (C=O) groups is 1. The molecule has 23 heavy (non-hydrogen) atoms. The van der Waals surface area contributed by atoms with Crippen LogP contribution in [0.4, 0.5) is 0 Å². The minimum absolute atomic E-state index is 0.201. The molecule has 0 aliphatic heterocycles. The van der Waals surface area contributed by atoms with E-state index in [-0.39, 0.29) is 12.5 Å². The molecular weight excluding hydrogens is 294 g/mol. The first-order valence-electron chi connectivity index (χ1n) is 7.39. The smallest absolute Gasteiger partial charge is 0.290 e. The molecule has 0 atom stereocenters. The van der Waals surface area contributed by atoms with Gasteiger partial charge in [0, 0.05) is 12.1 Å². The van der Waals surface area contributed by atoms with E-state index in [0.717, 1.165) is 5.56 Å². The van der Waals surface area contributed by atoms with Crippen LogP contribution in [0.5, 0.6) is 0 Å². The van der Waals surface area contributed by atoms with Crippen molar-refractivity contribution in [3.05, 3.63) is 59.9 Å². The summed E-state index contributed by atoms with van der Waals surface area (Å²) in [7, 11) is 0. The first-order valence-corrected chi connectivity index (χ1v) is 7.39. The van der Waals surface area contributed by atoms with E-state index in [1.807, 2.05) is 38.1 Å².